The Labute approximate surface area is 163 Å². The number of carbonyl (C=O) groups is 2. The first kappa shape index (κ1) is 18.5. The monoisotopic (exact) mass is 384 g/mol. The van der Waals surface area contributed by atoms with Crippen LogP contribution < -0.4 is 10.1 Å². The molecular weight excluding hydrogens is 360 g/mol. The van der Waals surface area contributed by atoms with Crippen LogP contribution in [0, 0.1) is 12.8 Å². The van der Waals surface area contributed by atoms with E-state index in [1.165, 1.54) is 0 Å². The molecule has 0 unspecified atom stereocenters. The maximum Gasteiger partial charge on any atom is 0.251 e. The Hall–Kier alpha value is -2.90. The summed E-state index contributed by atoms with van der Waals surface area (Å²) in [5, 5.41) is 10.3. The Morgan fingerprint density at radius 2 is 1.86 bits per heavy atom. The van der Waals surface area contributed by atoms with E-state index < -0.39 is 0 Å². The van der Waals surface area contributed by atoms with E-state index in [4.69, 9.17) is 9.15 Å². The molecule has 2 amide bonds. The molecule has 8 nitrogen and oxygen atoms in total. The van der Waals surface area contributed by atoms with Gasteiger partial charge in [0.25, 0.3) is 5.91 Å². The summed E-state index contributed by atoms with van der Waals surface area (Å²) in [5.41, 5.74) is 0.536. The third-order valence-corrected chi connectivity index (χ3v) is 5.07. The van der Waals surface area contributed by atoms with Gasteiger partial charge in [-0.15, -0.1) is 10.2 Å². The predicted octanol–water partition coefficient (Wildman–Crippen LogP) is 2.09. The third-order valence-electron chi connectivity index (χ3n) is 5.07. The topological polar surface area (TPSA) is 97.6 Å². The van der Waals surface area contributed by atoms with Crippen LogP contribution in [0.3, 0.4) is 0 Å². The molecule has 1 aromatic carbocycles. The number of rotatable bonds is 6. The first-order chi connectivity index (χ1) is 13.6. The number of benzene rings is 1. The van der Waals surface area contributed by atoms with E-state index in [-0.39, 0.29) is 24.5 Å². The highest BCUT2D eigenvalue weighted by molar-refractivity contribution is 5.94. The summed E-state index contributed by atoms with van der Waals surface area (Å²) < 4.78 is 11.3. The molecule has 0 spiro atoms. The van der Waals surface area contributed by atoms with E-state index in [1.807, 2.05) is 4.90 Å². The Kier molecular flexibility index (Phi) is 5.27. The number of nitrogens with zero attached hydrogens (tertiary/aromatic N) is 3. The largest absolute Gasteiger partial charge is 0.490 e. The zero-order valence-electron chi connectivity index (χ0n) is 15.9. The molecule has 148 valence electrons. The molecule has 0 atom stereocenters. The highest BCUT2D eigenvalue weighted by atomic mass is 16.5. The summed E-state index contributed by atoms with van der Waals surface area (Å²) in [5.74, 6) is 1.95. The van der Waals surface area contributed by atoms with Crippen molar-refractivity contribution in [3.8, 4) is 5.75 Å². The number of likely N-dealkylation sites (tertiary alicyclic amines) is 1. The van der Waals surface area contributed by atoms with Crippen LogP contribution in [-0.4, -0.2) is 46.1 Å². The van der Waals surface area contributed by atoms with Gasteiger partial charge in [0.2, 0.25) is 17.7 Å². The van der Waals surface area contributed by atoms with Crippen LogP contribution in [0.15, 0.2) is 28.7 Å². The molecule has 8 heteroatoms. The van der Waals surface area contributed by atoms with Crippen LogP contribution in [0.25, 0.3) is 0 Å². The molecule has 2 aromatic rings. The van der Waals surface area contributed by atoms with Crippen molar-refractivity contribution in [2.45, 2.75) is 45.3 Å². The van der Waals surface area contributed by atoms with Gasteiger partial charge >= 0.3 is 0 Å². The maximum atomic E-state index is 12.2. The van der Waals surface area contributed by atoms with E-state index in [2.05, 4.69) is 15.5 Å². The summed E-state index contributed by atoms with van der Waals surface area (Å²) in [7, 11) is 0. The number of aromatic nitrogens is 2. The normalized spacial score (nSPS) is 17.4. The lowest BCUT2D eigenvalue weighted by molar-refractivity contribution is -0.134. The number of carbonyl (C=O) groups excluding carboxylic acids is 2. The third kappa shape index (κ3) is 4.49. The second kappa shape index (κ2) is 8.00. The van der Waals surface area contributed by atoms with E-state index in [0.29, 0.717) is 23.3 Å². The van der Waals surface area contributed by atoms with E-state index in [0.717, 1.165) is 44.5 Å². The van der Waals surface area contributed by atoms with Gasteiger partial charge in [-0.05, 0) is 37.1 Å². The fourth-order valence-corrected chi connectivity index (χ4v) is 3.33. The van der Waals surface area contributed by atoms with Crippen LogP contribution in [-0.2, 0) is 11.3 Å². The van der Waals surface area contributed by atoms with Crippen molar-refractivity contribution < 1.29 is 18.7 Å². The number of amides is 2. The average Bonchev–Trinajstić information content (AvgIpc) is 3.48. The van der Waals surface area contributed by atoms with Crippen molar-refractivity contribution in [2.24, 2.45) is 5.92 Å². The smallest absolute Gasteiger partial charge is 0.251 e. The summed E-state index contributed by atoms with van der Waals surface area (Å²) in [4.78, 5) is 26.3. The van der Waals surface area contributed by atoms with Crippen LogP contribution in [0.2, 0.25) is 0 Å². The summed E-state index contributed by atoms with van der Waals surface area (Å²) in [6.07, 6.45) is 3.87. The molecule has 2 aliphatic rings. The number of aryl methyl sites for hydroxylation is 1. The van der Waals surface area contributed by atoms with Crippen molar-refractivity contribution in [3.63, 3.8) is 0 Å². The lowest BCUT2D eigenvalue weighted by atomic mass is 10.1. The first-order valence-electron chi connectivity index (χ1n) is 9.71. The Balaban J connectivity index is 1.24. The summed E-state index contributed by atoms with van der Waals surface area (Å²) in [6.45, 7) is 3.41. The summed E-state index contributed by atoms with van der Waals surface area (Å²) >= 11 is 0. The standard InChI is InChI=1S/C20H24N4O4/c1-13-22-23-18(27-13)12-21-19(25)14-4-6-16(7-5-14)28-17-8-10-24(11-9-17)20(26)15-2-3-15/h4-7,15,17H,2-3,8-12H2,1H3,(H,21,25). The molecule has 2 fully saturated rings. The van der Waals surface area contributed by atoms with Crippen LogP contribution in [0.5, 0.6) is 5.75 Å². The van der Waals surface area contributed by atoms with Crippen molar-refractivity contribution >= 4 is 11.8 Å². The fraction of sp³-hybridized carbons (Fsp3) is 0.500. The zero-order chi connectivity index (χ0) is 19.5. The number of hydrogen-bond acceptors (Lipinski definition) is 6. The van der Waals surface area contributed by atoms with Crippen molar-refractivity contribution in [3.05, 3.63) is 41.6 Å². The second-order valence-electron chi connectivity index (χ2n) is 7.34. The maximum absolute atomic E-state index is 12.2. The minimum atomic E-state index is -0.214. The Bertz CT molecular complexity index is 836. The molecule has 4 rings (SSSR count). The van der Waals surface area contributed by atoms with Gasteiger partial charge in [0.1, 0.15) is 11.9 Å². The van der Waals surface area contributed by atoms with Crippen LogP contribution >= 0.6 is 0 Å². The molecular formula is C20H24N4O4. The SMILES string of the molecule is Cc1nnc(CNC(=O)c2ccc(OC3CCN(C(=O)C4CC4)CC3)cc2)o1. The summed E-state index contributed by atoms with van der Waals surface area (Å²) in [6, 6.07) is 7.06. The van der Waals surface area contributed by atoms with Crippen LogP contribution in [0.4, 0.5) is 0 Å². The number of hydrogen-bond donors (Lipinski definition) is 1. The molecule has 1 N–H and O–H groups in total. The molecule has 1 saturated carbocycles. The molecule has 1 aliphatic carbocycles. The van der Waals surface area contributed by atoms with Crippen LogP contribution in [0.1, 0.15) is 47.8 Å². The van der Waals surface area contributed by atoms with Gasteiger partial charge in [0.15, 0.2) is 0 Å². The first-order valence-corrected chi connectivity index (χ1v) is 9.71. The average molecular weight is 384 g/mol. The van der Waals surface area contributed by atoms with Gasteiger partial charge in [-0.1, -0.05) is 0 Å². The molecule has 28 heavy (non-hydrogen) atoms. The van der Waals surface area contributed by atoms with Gasteiger partial charge < -0.3 is 19.4 Å². The highest BCUT2D eigenvalue weighted by Crippen LogP contribution is 2.32. The predicted molar refractivity (Wildman–Crippen MR) is 99.6 cm³/mol. The molecule has 1 aromatic heterocycles. The Morgan fingerprint density at radius 3 is 2.46 bits per heavy atom. The molecule has 0 bridgehead atoms. The van der Waals surface area contributed by atoms with Crippen molar-refractivity contribution in [1.29, 1.82) is 0 Å². The molecule has 2 heterocycles. The van der Waals surface area contributed by atoms with Gasteiger partial charge in [0.05, 0.1) is 6.54 Å². The van der Waals surface area contributed by atoms with Gasteiger partial charge in [-0.2, -0.15) is 0 Å². The quantitative estimate of drug-likeness (QED) is 0.819. The number of piperidine rings is 1. The zero-order valence-corrected chi connectivity index (χ0v) is 15.9. The number of nitrogens with one attached hydrogen (secondary N) is 1. The van der Waals surface area contributed by atoms with Crippen molar-refractivity contribution in [2.75, 3.05) is 13.1 Å². The van der Waals surface area contributed by atoms with Gasteiger partial charge in [-0.25, -0.2) is 0 Å². The number of ether oxygens (including phenoxy) is 1. The Morgan fingerprint density at radius 1 is 1.14 bits per heavy atom. The van der Waals surface area contributed by atoms with E-state index in [1.54, 1.807) is 31.2 Å². The molecule has 1 aliphatic heterocycles. The van der Waals surface area contributed by atoms with Gasteiger partial charge in [-0.3, -0.25) is 9.59 Å². The van der Waals surface area contributed by atoms with E-state index >= 15 is 0 Å². The lowest BCUT2D eigenvalue weighted by Gasteiger charge is -2.32. The van der Waals surface area contributed by atoms with Crippen molar-refractivity contribution in [1.82, 2.24) is 20.4 Å². The second-order valence-corrected chi connectivity index (χ2v) is 7.34. The fourth-order valence-electron chi connectivity index (χ4n) is 3.33. The molecule has 0 radical (unpaired) electrons. The minimum Gasteiger partial charge on any atom is -0.490 e. The lowest BCUT2D eigenvalue weighted by Crippen LogP contribution is -2.42. The minimum absolute atomic E-state index is 0.101. The van der Waals surface area contributed by atoms with Gasteiger partial charge in [0, 0.05) is 44.3 Å². The highest BCUT2D eigenvalue weighted by Gasteiger charge is 2.35. The van der Waals surface area contributed by atoms with E-state index in [9.17, 15) is 9.59 Å². The molecule has 1 saturated heterocycles.